The van der Waals surface area contributed by atoms with Crippen LogP contribution in [0.3, 0.4) is 0 Å². The molecule has 7 nitrogen and oxygen atoms in total. The molecule has 0 aromatic heterocycles. The first-order valence-electron chi connectivity index (χ1n) is 6.89. The number of carbonyl (C=O) groups is 1. The number of hydrogen-bond acceptors (Lipinski definition) is 6. The molecule has 1 N–H and O–H groups in total. The molecule has 2 rings (SSSR count). The van der Waals surface area contributed by atoms with E-state index in [1.54, 1.807) is 24.3 Å². The van der Waals surface area contributed by atoms with Crippen molar-refractivity contribution in [1.29, 1.82) is 0 Å². The Kier molecular flexibility index (Phi) is 5.31. The summed E-state index contributed by atoms with van der Waals surface area (Å²) in [7, 11) is 2.62. The van der Waals surface area contributed by atoms with Crippen molar-refractivity contribution in [2.24, 2.45) is 0 Å². The minimum atomic E-state index is -1.01. The molecular formula is C16H15FN2O5. The minimum Gasteiger partial charge on any atom is -0.497 e. The van der Waals surface area contributed by atoms with Gasteiger partial charge in [-0.05, 0) is 17.7 Å². The summed E-state index contributed by atoms with van der Waals surface area (Å²) in [6, 6.07) is 8.91. The fourth-order valence-electron chi connectivity index (χ4n) is 2.13. The van der Waals surface area contributed by atoms with Crippen LogP contribution >= 0.6 is 0 Å². The van der Waals surface area contributed by atoms with Gasteiger partial charge >= 0.3 is 11.7 Å². The lowest BCUT2D eigenvalue weighted by Crippen LogP contribution is -2.05. The predicted molar refractivity (Wildman–Crippen MR) is 85.1 cm³/mol. The summed E-state index contributed by atoms with van der Waals surface area (Å²) in [6.07, 6.45) is 0.0561. The SMILES string of the molecule is COC(=O)Cc1cccc(Nc2cc(OC)cc(F)c2[N+](=O)[O-])c1. The number of nitrogens with zero attached hydrogens (tertiary/aromatic N) is 1. The van der Waals surface area contributed by atoms with Gasteiger partial charge in [-0.3, -0.25) is 14.9 Å². The van der Waals surface area contributed by atoms with Crippen molar-refractivity contribution < 1.29 is 23.6 Å². The van der Waals surface area contributed by atoms with E-state index >= 15 is 0 Å². The fraction of sp³-hybridized carbons (Fsp3) is 0.188. The van der Waals surface area contributed by atoms with Crippen LogP contribution in [-0.4, -0.2) is 25.1 Å². The summed E-state index contributed by atoms with van der Waals surface area (Å²) in [5.41, 5.74) is 0.381. The highest BCUT2D eigenvalue weighted by Gasteiger charge is 2.22. The van der Waals surface area contributed by atoms with Crippen molar-refractivity contribution in [3.8, 4) is 5.75 Å². The van der Waals surface area contributed by atoms with E-state index in [4.69, 9.17) is 4.74 Å². The topological polar surface area (TPSA) is 90.7 Å². The highest BCUT2D eigenvalue weighted by molar-refractivity contribution is 5.75. The number of ether oxygens (including phenoxy) is 2. The summed E-state index contributed by atoms with van der Waals surface area (Å²) in [6.45, 7) is 0. The van der Waals surface area contributed by atoms with E-state index in [1.165, 1.54) is 20.3 Å². The second-order valence-corrected chi connectivity index (χ2v) is 4.84. The van der Waals surface area contributed by atoms with Crippen LogP contribution in [0.1, 0.15) is 5.56 Å². The van der Waals surface area contributed by atoms with Gasteiger partial charge in [-0.1, -0.05) is 12.1 Å². The molecule has 0 amide bonds. The summed E-state index contributed by atoms with van der Waals surface area (Å²) in [5, 5.41) is 13.9. The summed E-state index contributed by atoms with van der Waals surface area (Å²) in [4.78, 5) is 21.6. The Hall–Kier alpha value is -3.16. The molecule has 0 aliphatic carbocycles. The van der Waals surface area contributed by atoms with E-state index in [9.17, 15) is 19.3 Å². The molecule has 0 aliphatic heterocycles. The van der Waals surface area contributed by atoms with Crippen LogP contribution in [0.2, 0.25) is 0 Å². The smallest absolute Gasteiger partial charge is 0.328 e. The van der Waals surface area contributed by atoms with Crippen molar-refractivity contribution in [2.75, 3.05) is 19.5 Å². The molecule has 2 aromatic carbocycles. The van der Waals surface area contributed by atoms with Crippen LogP contribution in [0.25, 0.3) is 0 Å². The van der Waals surface area contributed by atoms with Gasteiger partial charge in [-0.15, -0.1) is 0 Å². The van der Waals surface area contributed by atoms with Gasteiger partial charge in [0, 0.05) is 17.8 Å². The maximum Gasteiger partial charge on any atom is 0.328 e. The first-order valence-corrected chi connectivity index (χ1v) is 6.89. The predicted octanol–water partition coefficient (Wildman–Crippen LogP) is 3.20. The average Bonchev–Trinajstić information content (AvgIpc) is 2.54. The number of nitrogens with one attached hydrogen (secondary N) is 1. The van der Waals surface area contributed by atoms with Crippen LogP contribution in [0.15, 0.2) is 36.4 Å². The molecule has 126 valence electrons. The lowest BCUT2D eigenvalue weighted by Gasteiger charge is -2.11. The molecule has 0 atom stereocenters. The monoisotopic (exact) mass is 334 g/mol. The standard InChI is InChI=1S/C16H15FN2O5/c1-23-12-8-13(17)16(19(21)22)14(9-12)18-11-5-3-4-10(6-11)7-15(20)24-2/h3-6,8-9,18H,7H2,1-2H3. The molecule has 2 aromatic rings. The molecule has 0 heterocycles. The largest absolute Gasteiger partial charge is 0.497 e. The number of halogens is 1. The van der Waals surface area contributed by atoms with Crippen molar-refractivity contribution in [3.63, 3.8) is 0 Å². The van der Waals surface area contributed by atoms with Gasteiger partial charge in [-0.2, -0.15) is 4.39 Å². The molecule has 0 saturated carbocycles. The number of nitro benzene ring substituents is 1. The quantitative estimate of drug-likeness (QED) is 0.495. The summed E-state index contributed by atoms with van der Waals surface area (Å²) >= 11 is 0. The summed E-state index contributed by atoms with van der Waals surface area (Å²) < 4.78 is 23.5. The maximum absolute atomic E-state index is 13.9. The molecule has 0 bridgehead atoms. The van der Waals surface area contributed by atoms with Gasteiger partial charge in [0.1, 0.15) is 11.4 Å². The van der Waals surface area contributed by atoms with Gasteiger partial charge in [0.2, 0.25) is 5.82 Å². The molecule has 0 fully saturated rings. The normalized spacial score (nSPS) is 10.1. The molecule has 0 spiro atoms. The number of hydrogen-bond donors (Lipinski definition) is 1. The molecular weight excluding hydrogens is 319 g/mol. The zero-order valence-corrected chi connectivity index (χ0v) is 13.0. The second kappa shape index (κ2) is 7.40. The Labute approximate surface area is 137 Å². The van der Waals surface area contributed by atoms with E-state index in [-0.39, 0.29) is 17.9 Å². The second-order valence-electron chi connectivity index (χ2n) is 4.84. The van der Waals surface area contributed by atoms with Crippen molar-refractivity contribution in [3.05, 3.63) is 57.9 Å². The van der Waals surface area contributed by atoms with Crippen molar-refractivity contribution >= 4 is 23.0 Å². The molecule has 0 radical (unpaired) electrons. The van der Waals surface area contributed by atoms with E-state index in [0.717, 1.165) is 6.07 Å². The van der Waals surface area contributed by atoms with Crippen LogP contribution in [0.5, 0.6) is 5.75 Å². The molecule has 0 unspecified atom stereocenters. The van der Waals surface area contributed by atoms with Gasteiger partial charge in [0.15, 0.2) is 0 Å². The first-order chi connectivity index (χ1) is 11.4. The zero-order chi connectivity index (χ0) is 17.7. The van der Waals surface area contributed by atoms with E-state index in [2.05, 4.69) is 10.1 Å². The summed E-state index contributed by atoms with van der Waals surface area (Å²) in [5.74, 6) is -1.27. The average molecular weight is 334 g/mol. The van der Waals surface area contributed by atoms with E-state index in [0.29, 0.717) is 11.3 Å². The highest BCUT2D eigenvalue weighted by Crippen LogP contribution is 2.34. The van der Waals surface area contributed by atoms with E-state index in [1.807, 2.05) is 0 Å². The Bertz CT molecular complexity index is 779. The molecule has 8 heteroatoms. The maximum atomic E-state index is 13.9. The number of benzene rings is 2. The van der Waals surface area contributed by atoms with E-state index < -0.39 is 22.4 Å². The Balaban J connectivity index is 2.37. The van der Waals surface area contributed by atoms with Gasteiger partial charge in [0.25, 0.3) is 0 Å². The van der Waals surface area contributed by atoms with Crippen molar-refractivity contribution in [1.82, 2.24) is 0 Å². The van der Waals surface area contributed by atoms with Gasteiger partial charge in [0.05, 0.1) is 25.6 Å². The molecule has 0 saturated heterocycles. The lowest BCUT2D eigenvalue weighted by molar-refractivity contribution is -0.386. The highest BCUT2D eigenvalue weighted by atomic mass is 19.1. The fourth-order valence-corrected chi connectivity index (χ4v) is 2.13. The number of nitro groups is 1. The van der Waals surface area contributed by atoms with Crippen LogP contribution in [0.4, 0.5) is 21.5 Å². The minimum absolute atomic E-state index is 0.0490. The number of anilines is 2. The number of esters is 1. The Morgan fingerprint density at radius 3 is 2.67 bits per heavy atom. The third-order valence-corrected chi connectivity index (χ3v) is 3.24. The Morgan fingerprint density at radius 2 is 2.04 bits per heavy atom. The van der Waals surface area contributed by atoms with Gasteiger partial charge in [-0.25, -0.2) is 0 Å². The zero-order valence-electron chi connectivity index (χ0n) is 13.0. The van der Waals surface area contributed by atoms with Crippen molar-refractivity contribution in [2.45, 2.75) is 6.42 Å². The van der Waals surface area contributed by atoms with Crippen LogP contribution in [-0.2, 0) is 16.0 Å². The van der Waals surface area contributed by atoms with Crippen LogP contribution < -0.4 is 10.1 Å². The Morgan fingerprint density at radius 1 is 1.29 bits per heavy atom. The number of methoxy groups -OCH3 is 2. The van der Waals surface area contributed by atoms with Crippen LogP contribution in [0, 0.1) is 15.9 Å². The van der Waals surface area contributed by atoms with Gasteiger partial charge < -0.3 is 14.8 Å². The number of carbonyl (C=O) groups excluding carboxylic acids is 1. The molecule has 24 heavy (non-hydrogen) atoms. The number of rotatable bonds is 6. The lowest BCUT2D eigenvalue weighted by atomic mass is 10.1. The molecule has 0 aliphatic rings. The first kappa shape index (κ1) is 17.2. The third kappa shape index (κ3) is 3.97. The third-order valence-electron chi connectivity index (χ3n) is 3.24.